The maximum Gasteiger partial charge on any atom is 0.243 e. The number of ether oxygens (including phenoxy) is 2. The lowest BCUT2D eigenvalue weighted by Crippen LogP contribution is -2.39. The zero-order chi connectivity index (χ0) is 15.0. The molecule has 0 radical (unpaired) electrons. The highest BCUT2D eigenvalue weighted by atomic mass is 32.2. The van der Waals surface area contributed by atoms with E-state index in [0.29, 0.717) is 29.7 Å². The summed E-state index contributed by atoms with van der Waals surface area (Å²) in [6, 6.07) is 6.57. The van der Waals surface area contributed by atoms with Crippen LogP contribution in [0.15, 0.2) is 29.2 Å². The fourth-order valence-corrected chi connectivity index (χ4v) is 5.22. The summed E-state index contributed by atoms with van der Waals surface area (Å²) in [6.07, 6.45) is 2.01. The second-order valence-electron chi connectivity index (χ2n) is 5.57. The summed E-state index contributed by atoms with van der Waals surface area (Å²) < 4.78 is 38.1. The van der Waals surface area contributed by atoms with E-state index in [4.69, 9.17) is 9.47 Å². The minimum atomic E-state index is -3.45. The van der Waals surface area contributed by atoms with Crippen LogP contribution in [0.25, 0.3) is 0 Å². The Kier molecular flexibility index (Phi) is 3.94. The molecule has 0 aromatic heterocycles. The highest BCUT2D eigenvalue weighted by molar-refractivity contribution is 7.89. The van der Waals surface area contributed by atoms with Crippen LogP contribution in [-0.4, -0.2) is 45.1 Å². The van der Waals surface area contributed by atoms with E-state index in [1.807, 2.05) is 6.92 Å². The summed E-state index contributed by atoms with van der Waals surface area (Å²) in [5.74, 6) is 0.993. The topological polar surface area (TPSA) is 55.8 Å². The monoisotopic (exact) mass is 311 g/mol. The van der Waals surface area contributed by atoms with Crippen molar-refractivity contribution in [1.29, 1.82) is 0 Å². The molecule has 1 aliphatic heterocycles. The molecule has 116 valence electrons. The van der Waals surface area contributed by atoms with Gasteiger partial charge in [-0.2, -0.15) is 4.31 Å². The Labute approximate surface area is 125 Å². The Hall–Kier alpha value is -1.11. The predicted octanol–water partition coefficient (Wildman–Crippen LogP) is 1.88. The molecule has 3 rings (SSSR count). The summed E-state index contributed by atoms with van der Waals surface area (Å²) in [7, 11) is -1.88. The van der Waals surface area contributed by atoms with Crippen molar-refractivity contribution in [2.45, 2.75) is 36.8 Å². The van der Waals surface area contributed by atoms with E-state index < -0.39 is 10.0 Å². The summed E-state index contributed by atoms with van der Waals surface area (Å²) >= 11 is 0. The molecular formula is C15H21NO4S. The first-order chi connectivity index (χ1) is 10.1. The lowest BCUT2D eigenvalue weighted by Gasteiger charge is -2.26. The molecule has 21 heavy (non-hydrogen) atoms. The van der Waals surface area contributed by atoms with Gasteiger partial charge in [-0.25, -0.2) is 8.42 Å². The van der Waals surface area contributed by atoms with E-state index in [2.05, 4.69) is 0 Å². The van der Waals surface area contributed by atoms with Crippen molar-refractivity contribution in [2.75, 3.05) is 20.3 Å². The molecule has 2 aliphatic rings. The summed E-state index contributed by atoms with van der Waals surface area (Å²) in [4.78, 5) is 0.325. The number of piperidine rings is 1. The molecule has 1 aromatic carbocycles. The Balaban J connectivity index is 1.85. The van der Waals surface area contributed by atoms with Gasteiger partial charge in [-0.3, -0.25) is 0 Å². The van der Waals surface area contributed by atoms with E-state index >= 15 is 0 Å². The van der Waals surface area contributed by atoms with Gasteiger partial charge < -0.3 is 9.47 Å². The Morgan fingerprint density at radius 3 is 2.57 bits per heavy atom. The molecule has 0 unspecified atom stereocenters. The first kappa shape index (κ1) is 14.8. The number of sulfonamides is 1. The van der Waals surface area contributed by atoms with Gasteiger partial charge in [-0.05, 0) is 44.0 Å². The molecule has 1 aromatic rings. The van der Waals surface area contributed by atoms with Gasteiger partial charge in [0.1, 0.15) is 5.75 Å². The van der Waals surface area contributed by atoms with Gasteiger partial charge in [0, 0.05) is 19.1 Å². The van der Waals surface area contributed by atoms with Gasteiger partial charge in [0.25, 0.3) is 0 Å². The number of nitrogens with zero attached hydrogens (tertiary/aromatic N) is 1. The summed E-state index contributed by atoms with van der Waals surface area (Å²) in [5.41, 5.74) is 0. The molecule has 6 heteroatoms. The first-order valence-electron chi connectivity index (χ1n) is 7.35. The average molecular weight is 311 g/mol. The van der Waals surface area contributed by atoms with Crippen LogP contribution >= 0.6 is 0 Å². The van der Waals surface area contributed by atoms with Crippen molar-refractivity contribution in [3.8, 4) is 5.75 Å². The Morgan fingerprint density at radius 1 is 1.24 bits per heavy atom. The van der Waals surface area contributed by atoms with E-state index in [0.717, 1.165) is 12.8 Å². The van der Waals surface area contributed by atoms with Crippen LogP contribution in [0.4, 0.5) is 0 Å². The zero-order valence-electron chi connectivity index (χ0n) is 12.4. The van der Waals surface area contributed by atoms with Crippen LogP contribution in [0.3, 0.4) is 0 Å². The summed E-state index contributed by atoms with van der Waals surface area (Å²) in [5, 5.41) is 0. The van der Waals surface area contributed by atoms with Crippen molar-refractivity contribution in [3.63, 3.8) is 0 Å². The molecule has 0 spiro atoms. The maximum atomic E-state index is 12.8. The molecule has 1 aliphatic carbocycles. The second kappa shape index (κ2) is 5.59. The van der Waals surface area contributed by atoms with Gasteiger partial charge in [-0.15, -0.1) is 0 Å². The van der Waals surface area contributed by atoms with Crippen LogP contribution in [0.1, 0.15) is 19.8 Å². The fraction of sp³-hybridized carbons (Fsp3) is 0.600. The van der Waals surface area contributed by atoms with Gasteiger partial charge in [0.05, 0.1) is 24.2 Å². The largest absolute Gasteiger partial charge is 0.497 e. The third-order valence-electron chi connectivity index (χ3n) is 4.49. The molecule has 1 saturated heterocycles. The lowest BCUT2D eigenvalue weighted by atomic mass is 10.1. The van der Waals surface area contributed by atoms with Gasteiger partial charge in [-0.1, -0.05) is 0 Å². The van der Waals surface area contributed by atoms with E-state index in [-0.39, 0.29) is 12.1 Å². The number of fused-ring (bicyclic) bond motifs is 2. The number of hydrogen-bond acceptors (Lipinski definition) is 4. The van der Waals surface area contributed by atoms with E-state index in [1.54, 1.807) is 35.7 Å². The quantitative estimate of drug-likeness (QED) is 0.833. The average Bonchev–Trinajstić information content (AvgIpc) is 3.05. The predicted molar refractivity (Wildman–Crippen MR) is 78.8 cm³/mol. The first-order valence-corrected chi connectivity index (χ1v) is 8.79. The van der Waals surface area contributed by atoms with Crippen LogP contribution < -0.4 is 4.74 Å². The van der Waals surface area contributed by atoms with Crippen molar-refractivity contribution in [2.24, 2.45) is 5.92 Å². The van der Waals surface area contributed by atoms with Gasteiger partial charge >= 0.3 is 0 Å². The smallest absolute Gasteiger partial charge is 0.243 e. The van der Waals surface area contributed by atoms with E-state index in [9.17, 15) is 8.42 Å². The Morgan fingerprint density at radius 2 is 1.95 bits per heavy atom. The lowest BCUT2D eigenvalue weighted by molar-refractivity contribution is 0.0425. The fourth-order valence-electron chi connectivity index (χ4n) is 3.50. The number of benzene rings is 1. The highest BCUT2D eigenvalue weighted by Gasteiger charge is 2.51. The van der Waals surface area contributed by atoms with Gasteiger partial charge in [0.2, 0.25) is 10.0 Å². The number of methoxy groups -OCH3 is 1. The SMILES string of the molecule is CCO[C@H]1[C@H]2CC[C@H]1N(S(=O)(=O)c1ccc(OC)cc1)C2. The minimum Gasteiger partial charge on any atom is -0.497 e. The maximum absolute atomic E-state index is 12.8. The molecule has 0 amide bonds. The molecule has 3 atom stereocenters. The summed E-state index contributed by atoms with van der Waals surface area (Å²) in [6.45, 7) is 3.16. The number of rotatable bonds is 5. The van der Waals surface area contributed by atoms with Crippen LogP contribution in [-0.2, 0) is 14.8 Å². The molecule has 5 nitrogen and oxygen atoms in total. The molecular weight excluding hydrogens is 290 g/mol. The molecule has 1 saturated carbocycles. The highest BCUT2D eigenvalue weighted by Crippen LogP contribution is 2.42. The molecule has 2 fully saturated rings. The number of hydrogen-bond donors (Lipinski definition) is 0. The van der Waals surface area contributed by atoms with Gasteiger partial charge in [0.15, 0.2) is 0 Å². The van der Waals surface area contributed by atoms with Crippen molar-refractivity contribution in [1.82, 2.24) is 4.31 Å². The third-order valence-corrected chi connectivity index (χ3v) is 6.39. The second-order valence-corrected chi connectivity index (χ2v) is 7.47. The molecule has 1 heterocycles. The van der Waals surface area contributed by atoms with Crippen LogP contribution in [0, 0.1) is 5.92 Å². The standard InChI is InChI=1S/C15H21NO4S/c1-3-20-15-11-4-9-14(15)16(10-11)21(17,18)13-7-5-12(19-2)6-8-13/h5-8,11,14-15H,3-4,9-10H2,1-2H3/t11-,14+,15-/m0/s1. The van der Waals surface area contributed by atoms with Crippen molar-refractivity contribution >= 4 is 10.0 Å². The van der Waals surface area contributed by atoms with Crippen LogP contribution in [0.5, 0.6) is 5.75 Å². The minimum absolute atomic E-state index is 0.0120. The third kappa shape index (κ3) is 2.45. The Bertz CT molecular complexity index is 599. The molecule has 2 bridgehead atoms. The van der Waals surface area contributed by atoms with Crippen LogP contribution in [0.2, 0.25) is 0 Å². The molecule has 0 N–H and O–H groups in total. The zero-order valence-corrected chi connectivity index (χ0v) is 13.2. The van der Waals surface area contributed by atoms with E-state index in [1.165, 1.54) is 0 Å². The normalized spacial score (nSPS) is 29.0. The van der Waals surface area contributed by atoms with Crippen molar-refractivity contribution in [3.05, 3.63) is 24.3 Å². The van der Waals surface area contributed by atoms with Crippen molar-refractivity contribution < 1.29 is 17.9 Å².